The Morgan fingerprint density at radius 3 is 2.52 bits per heavy atom. The summed E-state index contributed by atoms with van der Waals surface area (Å²) >= 11 is 0. The van der Waals surface area contributed by atoms with E-state index in [-0.39, 0.29) is 11.9 Å². The number of rotatable bonds is 5. The van der Waals surface area contributed by atoms with Gasteiger partial charge in [-0.3, -0.25) is 4.79 Å². The summed E-state index contributed by atoms with van der Waals surface area (Å²) in [4.78, 5) is 14.3. The van der Waals surface area contributed by atoms with Gasteiger partial charge in [0.1, 0.15) is 11.5 Å². The first-order chi connectivity index (χ1) is 10.1. The fourth-order valence-corrected chi connectivity index (χ4v) is 2.62. The van der Waals surface area contributed by atoms with Crippen LogP contribution >= 0.6 is 0 Å². The molecule has 1 aromatic carbocycles. The van der Waals surface area contributed by atoms with Crippen LogP contribution in [0.3, 0.4) is 0 Å². The van der Waals surface area contributed by atoms with E-state index in [2.05, 4.69) is 12.2 Å². The van der Waals surface area contributed by atoms with Gasteiger partial charge >= 0.3 is 0 Å². The van der Waals surface area contributed by atoms with Crippen molar-refractivity contribution >= 4 is 5.91 Å². The number of ether oxygens (including phenoxy) is 2. The molecule has 1 aliphatic rings. The van der Waals surface area contributed by atoms with Crippen LogP contribution in [0.25, 0.3) is 0 Å². The molecule has 1 aromatic rings. The first-order valence-electron chi connectivity index (χ1n) is 7.36. The molecule has 21 heavy (non-hydrogen) atoms. The molecule has 1 saturated heterocycles. The zero-order valence-corrected chi connectivity index (χ0v) is 13.0. The molecule has 2 rings (SSSR count). The summed E-state index contributed by atoms with van der Waals surface area (Å²) in [6.07, 6.45) is 1.21. The Morgan fingerprint density at radius 1 is 1.29 bits per heavy atom. The van der Waals surface area contributed by atoms with Gasteiger partial charge in [-0.05, 0) is 31.0 Å². The molecule has 116 valence electrons. The van der Waals surface area contributed by atoms with Gasteiger partial charge in [0.2, 0.25) is 5.91 Å². The van der Waals surface area contributed by atoms with Crippen molar-refractivity contribution in [3.63, 3.8) is 0 Å². The molecule has 0 spiro atoms. The third-order valence-corrected chi connectivity index (χ3v) is 3.86. The number of carbonyl (C=O) groups excluding carboxylic acids is 1. The Balaban J connectivity index is 1.97. The first kappa shape index (κ1) is 15.6. The second-order valence-corrected chi connectivity index (χ2v) is 5.36. The first-order valence-corrected chi connectivity index (χ1v) is 7.36. The van der Waals surface area contributed by atoms with Gasteiger partial charge < -0.3 is 19.7 Å². The molecule has 0 radical (unpaired) electrons. The van der Waals surface area contributed by atoms with Crippen LogP contribution in [0.1, 0.15) is 18.9 Å². The molecule has 5 nitrogen and oxygen atoms in total. The Labute approximate surface area is 126 Å². The Bertz CT molecular complexity index is 468. The number of hydrogen-bond acceptors (Lipinski definition) is 4. The van der Waals surface area contributed by atoms with E-state index in [1.165, 1.54) is 0 Å². The Hall–Kier alpha value is -1.75. The second kappa shape index (κ2) is 7.31. The fourth-order valence-electron chi connectivity index (χ4n) is 2.62. The van der Waals surface area contributed by atoms with Crippen LogP contribution < -0.4 is 14.8 Å². The Kier molecular flexibility index (Phi) is 5.44. The van der Waals surface area contributed by atoms with E-state index < -0.39 is 0 Å². The van der Waals surface area contributed by atoms with E-state index >= 15 is 0 Å². The van der Waals surface area contributed by atoms with E-state index in [0.29, 0.717) is 12.8 Å². The largest absolute Gasteiger partial charge is 0.497 e. The molecule has 1 aliphatic heterocycles. The number of nitrogens with zero attached hydrogens (tertiary/aromatic N) is 1. The average molecular weight is 292 g/mol. The van der Waals surface area contributed by atoms with E-state index in [9.17, 15) is 4.79 Å². The summed E-state index contributed by atoms with van der Waals surface area (Å²) in [7, 11) is 3.26. The van der Waals surface area contributed by atoms with Crippen LogP contribution in [-0.2, 0) is 11.2 Å². The predicted octanol–water partition coefficient (Wildman–Crippen LogP) is 1.46. The molecule has 0 bridgehead atoms. The zero-order chi connectivity index (χ0) is 15.2. The number of nitrogens with one attached hydrogen (secondary N) is 1. The summed E-state index contributed by atoms with van der Waals surface area (Å²) in [5.74, 6) is 1.73. The van der Waals surface area contributed by atoms with Gasteiger partial charge in [-0.15, -0.1) is 0 Å². The number of piperazine rings is 1. The standard InChI is InChI=1S/C16H24N2O3/c1-12-11-17-6-7-18(12)16(19)5-4-13-8-14(20-2)10-15(9-13)21-3/h8-10,12,17H,4-7,11H2,1-3H3/t12-/m0/s1. The molecule has 0 aromatic heterocycles. The maximum Gasteiger partial charge on any atom is 0.223 e. The third kappa shape index (κ3) is 4.11. The minimum Gasteiger partial charge on any atom is -0.497 e. The molecule has 5 heteroatoms. The highest BCUT2D eigenvalue weighted by Gasteiger charge is 2.22. The smallest absolute Gasteiger partial charge is 0.223 e. The zero-order valence-electron chi connectivity index (χ0n) is 13.0. The lowest BCUT2D eigenvalue weighted by Gasteiger charge is -2.34. The maximum absolute atomic E-state index is 12.3. The second-order valence-electron chi connectivity index (χ2n) is 5.36. The summed E-state index contributed by atoms with van der Waals surface area (Å²) in [5.41, 5.74) is 1.06. The van der Waals surface area contributed by atoms with Crippen molar-refractivity contribution in [1.82, 2.24) is 10.2 Å². The fraction of sp³-hybridized carbons (Fsp3) is 0.562. The lowest BCUT2D eigenvalue weighted by atomic mass is 10.1. The van der Waals surface area contributed by atoms with Crippen LogP contribution in [0.15, 0.2) is 18.2 Å². The highest BCUT2D eigenvalue weighted by molar-refractivity contribution is 5.77. The lowest BCUT2D eigenvalue weighted by molar-refractivity contribution is -0.133. The SMILES string of the molecule is COc1cc(CCC(=O)N2CCNC[C@@H]2C)cc(OC)c1. The van der Waals surface area contributed by atoms with Crippen LogP contribution in [0.2, 0.25) is 0 Å². The summed E-state index contributed by atoms with van der Waals surface area (Å²) in [6, 6.07) is 6.02. The predicted molar refractivity (Wildman–Crippen MR) is 81.9 cm³/mol. The molecular weight excluding hydrogens is 268 g/mol. The monoisotopic (exact) mass is 292 g/mol. The molecular formula is C16H24N2O3. The van der Waals surface area contributed by atoms with Crippen LogP contribution in [-0.4, -0.2) is 50.7 Å². The van der Waals surface area contributed by atoms with Crippen molar-refractivity contribution in [2.75, 3.05) is 33.9 Å². The number of benzene rings is 1. The van der Waals surface area contributed by atoms with Crippen molar-refractivity contribution in [1.29, 1.82) is 0 Å². The van der Waals surface area contributed by atoms with Gasteiger partial charge in [0.25, 0.3) is 0 Å². The summed E-state index contributed by atoms with van der Waals surface area (Å²) in [5, 5.41) is 3.30. The molecule has 1 heterocycles. The van der Waals surface area contributed by atoms with Crippen molar-refractivity contribution in [3.05, 3.63) is 23.8 Å². The van der Waals surface area contributed by atoms with E-state index in [1.807, 2.05) is 23.1 Å². The van der Waals surface area contributed by atoms with Crippen molar-refractivity contribution in [2.45, 2.75) is 25.8 Å². The molecule has 1 fully saturated rings. The van der Waals surface area contributed by atoms with Crippen molar-refractivity contribution in [2.24, 2.45) is 0 Å². The number of hydrogen-bond donors (Lipinski definition) is 1. The molecule has 1 atom stereocenters. The van der Waals surface area contributed by atoms with Crippen LogP contribution in [0.5, 0.6) is 11.5 Å². The average Bonchev–Trinajstić information content (AvgIpc) is 2.52. The minimum absolute atomic E-state index is 0.214. The highest BCUT2D eigenvalue weighted by atomic mass is 16.5. The molecule has 0 unspecified atom stereocenters. The molecule has 1 amide bonds. The number of aryl methyl sites for hydroxylation is 1. The highest BCUT2D eigenvalue weighted by Crippen LogP contribution is 2.23. The van der Waals surface area contributed by atoms with Crippen LogP contribution in [0.4, 0.5) is 0 Å². The maximum atomic E-state index is 12.3. The molecule has 0 saturated carbocycles. The number of amides is 1. The normalized spacial score (nSPS) is 18.4. The topological polar surface area (TPSA) is 50.8 Å². The molecule has 0 aliphatic carbocycles. The van der Waals surface area contributed by atoms with E-state index in [0.717, 1.165) is 36.7 Å². The molecule has 1 N–H and O–H groups in total. The van der Waals surface area contributed by atoms with Crippen molar-refractivity contribution in [3.8, 4) is 11.5 Å². The number of carbonyl (C=O) groups is 1. The Morgan fingerprint density at radius 2 is 1.95 bits per heavy atom. The number of methoxy groups -OCH3 is 2. The van der Waals surface area contributed by atoms with Crippen molar-refractivity contribution < 1.29 is 14.3 Å². The van der Waals surface area contributed by atoms with Crippen LogP contribution in [0, 0.1) is 0 Å². The van der Waals surface area contributed by atoms with Gasteiger partial charge in [0.05, 0.1) is 14.2 Å². The van der Waals surface area contributed by atoms with Gasteiger partial charge in [-0.25, -0.2) is 0 Å². The minimum atomic E-state index is 0.214. The van der Waals surface area contributed by atoms with Gasteiger partial charge in [-0.2, -0.15) is 0 Å². The quantitative estimate of drug-likeness (QED) is 0.892. The lowest BCUT2D eigenvalue weighted by Crippen LogP contribution is -2.52. The van der Waals surface area contributed by atoms with Gasteiger partial charge in [-0.1, -0.05) is 0 Å². The van der Waals surface area contributed by atoms with Gasteiger partial charge in [0.15, 0.2) is 0 Å². The van der Waals surface area contributed by atoms with E-state index in [1.54, 1.807) is 14.2 Å². The summed E-state index contributed by atoms with van der Waals surface area (Å²) < 4.78 is 10.5. The third-order valence-electron chi connectivity index (χ3n) is 3.86. The van der Waals surface area contributed by atoms with E-state index in [4.69, 9.17) is 9.47 Å². The van der Waals surface area contributed by atoms with Gasteiger partial charge in [0, 0.05) is 38.2 Å². The summed E-state index contributed by atoms with van der Waals surface area (Å²) in [6.45, 7) is 4.63.